The Morgan fingerprint density at radius 1 is 1.62 bits per heavy atom. The first-order chi connectivity index (χ1) is 7.40. The van der Waals surface area contributed by atoms with E-state index >= 15 is 0 Å². The molecule has 90 valence electrons. The van der Waals surface area contributed by atoms with Crippen LogP contribution in [0.2, 0.25) is 0 Å². The van der Waals surface area contributed by atoms with Gasteiger partial charge in [-0.05, 0) is 6.42 Å². The van der Waals surface area contributed by atoms with Crippen molar-refractivity contribution in [2.45, 2.75) is 6.42 Å². The third-order valence-electron chi connectivity index (χ3n) is 1.66. The van der Waals surface area contributed by atoms with Gasteiger partial charge in [-0.2, -0.15) is 0 Å². The second-order valence-corrected chi connectivity index (χ2v) is 5.57. The molecule has 0 aliphatic carbocycles. The number of nitrogens with zero attached hydrogens (tertiary/aromatic N) is 1. The van der Waals surface area contributed by atoms with Crippen LogP contribution in [-0.4, -0.2) is 36.8 Å². The van der Waals surface area contributed by atoms with Crippen LogP contribution in [0.5, 0.6) is 0 Å². The van der Waals surface area contributed by atoms with Gasteiger partial charge in [0.1, 0.15) is 5.00 Å². The highest BCUT2D eigenvalue weighted by Crippen LogP contribution is 2.19. The number of primary sulfonamides is 1. The molecule has 0 saturated heterocycles. The minimum Gasteiger partial charge on any atom is -0.476 e. The first-order valence-corrected chi connectivity index (χ1v) is 6.91. The maximum Gasteiger partial charge on any atom is 0.357 e. The van der Waals surface area contributed by atoms with Crippen LogP contribution < -0.4 is 10.5 Å². The second kappa shape index (κ2) is 5.23. The lowest BCUT2D eigenvalue weighted by Gasteiger charge is -2.03. The standard InChI is InChI=1S/C7H11N3O4S2/c8-16(13,14)3-1-2-9-6-5(7(11)12)10-4-15-6/h4,9H,1-3H2,(H,11,12)(H2,8,13,14). The molecule has 0 amide bonds. The van der Waals surface area contributed by atoms with E-state index in [1.54, 1.807) is 0 Å². The monoisotopic (exact) mass is 265 g/mol. The molecular formula is C7H11N3O4S2. The van der Waals surface area contributed by atoms with Gasteiger partial charge < -0.3 is 10.4 Å². The fraction of sp³-hybridized carbons (Fsp3) is 0.429. The third kappa shape index (κ3) is 4.13. The molecule has 1 heterocycles. The van der Waals surface area contributed by atoms with Crippen LogP contribution >= 0.6 is 11.3 Å². The number of carboxylic acids is 1. The van der Waals surface area contributed by atoms with Crippen LogP contribution in [0.25, 0.3) is 0 Å². The van der Waals surface area contributed by atoms with E-state index in [9.17, 15) is 13.2 Å². The van der Waals surface area contributed by atoms with Crippen LogP contribution in [0, 0.1) is 0 Å². The van der Waals surface area contributed by atoms with Crippen molar-refractivity contribution in [2.24, 2.45) is 5.14 Å². The first-order valence-electron chi connectivity index (χ1n) is 4.31. The van der Waals surface area contributed by atoms with E-state index in [1.807, 2.05) is 0 Å². The van der Waals surface area contributed by atoms with Crippen molar-refractivity contribution in [1.29, 1.82) is 0 Å². The fourth-order valence-electron chi connectivity index (χ4n) is 0.999. The number of rotatable bonds is 6. The molecule has 0 unspecified atom stereocenters. The Bertz CT molecular complexity index is 468. The van der Waals surface area contributed by atoms with Crippen LogP contribution in [0.15, 0.2) is 5.51 Å². The maximum absolute atomic E-state index is 10.7. The van der Waals surface area contributed by atoms with Gasteiger partial charge in [-0.15, -0.1) is 11.3 Å². The quantitative estimate of drug-likeness (QED) is 0.619. The molecule has 0 saturated carbocycles. The van der Waals surface area contributed by atoms with E-state index in [4.69, 9.17) is 10.2 Å². The number of carboxylic acid groups (broad SMARTS) is 1. The second-order valence-electron chi connectivity index (χ2n) is 2.98. The first kappa shape index (κ1) is 12.9. The van der Waals surface area contributed by atoms with Gasteiger partial charge in [0.25, 0.3) is 0 Å². The summed E-state index contributed by atoms with van der Waals surface area (Å²) in [4.78, 5) is 14.3. The summed E-state index contributed by atoms with van der Waals surface area (Å²) in [6.07, 6.45) is 0.315. The highest BCUT2D eigenvalue weighted by molar-refractivity contribution is 7.89. The molecule has 0 fully saturated rings. The zero-order chi connectivity index (χ0) is 12.2. The lowest BCUT2D eigenvalue weighted by Crippen LogP contribution is -2.18. The van der Waals surface area contributed by atoms with Crippen molar-refractivity contribution in [3.05, 3.63) is 11.2 Å². The summed E-state index contributed by atoms with van der Waals surface area (Å²) in [5.41, 5.74) is 1.35. The van der Waals surface area contributed by atoms with E-state index in [-0.39, 0.29) is 11.4 Å². The summed E-state index contributed by atoms with van der Waals surface area (Å²) in [6.45, 7) is 0.332. The number of carbonyl (C=O) groups is 1. The number of anilines is 1. The summed E-state index contributed by atoms with van der Waals surface area (Å²) < 4.78 is 21.2. The number of nitrogens with one attached hydrogen (secondary N) is 1. The summed E-state index contributed by atoms with van der Waals surface area (Å²) in [6, 6.07) is 0. The smallest absolute Gasteiger partial charge is 0.357 e. The van der Waals surface area contributed by atoms with Gasteiger partial charge in [-0.3, -0.25) is 0 Å². The van der Waals surface area contributed by atoms with Crippen molar-refractivity contribution in [3.63, 3.8) is 0 Å². The third-order valence-corrected chi connectivity index (χ3v) is 3.30. The van der Waals surface area contributed by atoms with Crippen LogP contribution in [0.3, 0.4) is 0 Å². The molecule has 0 atom stereocenters. The molecule has 0 aliphatic rings. The summed E-state index contributed by atoms with van der Waals surface area (Å²) in [5, 5.41) is 16.8. The molecule has 1 aromatic rings. The number of hydrogen-bond donors (Lipinski definition) is 3. The topological polar surface area (TPSA) is 122 Å². The minimum atomic E-state index is -3.46. The van der Waals surface area contributed by atoms with Crippen LogP contribution in [0.1, 0.15) is 16.9 Å². The van der Waals surface area contributed by atoms with Gasteiger partial charge >= 0.3 is 5.97 Å². The Hall–Kier alpha value is -1.19. The van der Waals surface area contributed by atoms with Gasteiger partial charge in [0.05, 0.1) is 11.3 Å². The normalized spacial score (nSPS) is 11.3. The molecular weight excluding hydrogens is 254 g/mol. The molecule has 7 nitrogen and oxygen atoms in total. The van der Waals surface area contributed by atoms with Gasteiger partial charge in [0.15, 0.2) is 5.69 Å². The minimum absolute atomic E-state index is 0.0550. The van der Waals surface area contributed by atoms with Gasteiger partial charge in [0, 0.05) is 6.54 Å². The Kier molecular flexibility index (Phi) is 4.21. The molecule has 0 bridgehead atoms. The Morgan fingerprint density at radius 2 is 2.31 bits per heavy atom. The van der Waals surface area contributed by atoms with Crippen LogP contribution in [-0.2, 0) is 10.0 Å². The molecule has 1 aromatic heterocycles. The van der Waals surface area contributed by atoms with E-state index in [1.165, 1.54) is 5.51 Å². The number of aromatic nitrogens is 1. The zero-order valence-corrected chi connectivity index (χ0v) is 9.84. The van der Waals surface area contributed by atoms with Gasteiger partial charge in [-0.25, -0.2) is 23.3 Å². The lowest BCUT2D eigenvalue weighted by atomic mass is 10.4. The zero-order valence-electron chi connectivity index (χ0n) is 8.21. The molecule has 9 heteroatoms. The molecule has 0 aliphatic heterocycles. The van der Waals surface area contributed by atoms with Crippen molar-refractivity contribution < 1.29 is 18.3 Å². The van der Waals surface area contributed by atoms with Crippen LogP contribution in [0.4, 0.5) is 5.00 Å². The van der Waals surface area contributed by atoms with Crippen molar-refractivity contribution in [3.8, 4) is 0 Å². The average Bonchev–Trinajstić information content (AvgIpc) is 2.58. The molecule has 16 heavy (non-hydrogen) atoms. The van der Waals surface area contributed by atoms with Crippen molar-refractivity contribution in [2.75, 3.05) is 17.6 Å². The molecule has 0 spiro atoms. The van der Waals surface area contributed by atoms with Crippen molar-refractivity contribution >= 4 is 32.3 Å². The Balaban J connectivity index is 2.43. The summed E-state index contributed by atoms with van der Waals surface area (Å²) >= 11 is 1.15. The number of nitrogens with two attached hydrogens (primary N) is 1. The predicted octanol–water partition coefficient (Wildman–Crippen LogP) is -0.0682. The molecule has 0 aromatic carbocycles. The van der Waals surface area contributed by atoms with Gasteiger partial charge in [0.2, 0.25) is 10.0 Å². The predicted molar refractivity (Wildman–Crippen MR) is 60.2 cm³/mol. The number of sulfonamides is 1. The molecule has 1 rings (SSSR count). The number of aromatic carboxylic acids is 1. The van der Waals surface area contributed by atoms with E-state index in [0.717, 1.165) is 11.3 Å². The van der Waals surface area contributed by atoms with Gasteiger partial charge in [-0.1, -0.05) is 0 Å². The number of thiazole rings is 1. The summed E-state index contributed by atoms with van der Waals surface area (Å²) in [5.74, 6) is -1.25. The van der Waals surface area contributed by atoms with Crippen molar-refractivity contribution in [1.82, 2.24) is 4.98 Å². The molecule has 4 N–H and O–H groups in total. The maximum atomic E-state index is 10.7. The fourth-order valence-corrected chi connectivity index (χ4v) is 2.25. The van der Waals surface area contributed by atoms with E-state index < -0.39 is 16.0 Å². The Labute approximate surface area is 96.4 Å². The van der Waals surface area contributed by atoms with E-state index in [0.29, 0.717) is 18.0 Å². The van der Waals surface area contributed by atoms with E-state index in [2.05, 4.69) is 10.3 Å². The highest BCUT2D eigenvalue weighted by Gasteiger charge is 2.12. The average molecular weight is 265 g/mol. The lowest BCUT2D eigenvalue weighted by molar-refractivity contribution is 0.0692. The number of hydrogen-bond acceptors (Lipinski definition) is 6. The largest absolute Gasteiger partial charge is 0.476 e. The molecule has 0 radical (unpaired) electrons. The Morgan fingerprint density at radius 3 is 2.88 bits per heavy atom. The SMILES string of the molecule is NS(=O)(=O)CCCNc1scnc1C(=O)O. The highest BCUT2D eigenvalue weighted by atomic mass is 32.2. The summed E-state index contributed by atoms with van der Waals surface area (Å²) in [7, 11) is -3.46.